The predicted octanol–water partition coefficient (Wildman–Crippen LogP) is 5.81. The predicted molar refractivity (Wildman–Crippen MR) is 142 cm³/mol. The number of thiophene rings is 1. The molecule has 1 amide bonds. The fourth-order valence-corrected chi connectivity index (χ4v) is 5.58. The molecule has 2 aromatic heterocycles. The van der Waals surface area contributed by atoms with Gasteiger partial charge in [-0.3, -0.25) is 9.69 Å². The van der Waals surface area contributed by atoms with E-state index in [0.717, 1.165) is 57.8 Å². The van der Waals surface area contributed by atoms with Crippen molar-refractivity contribution in [1.29, 1.82) is 0 Å². The highest BCUT2D eigenvalue weighted by Gasteiger charge is 2.25. The zero-order valence-corrected chi connectivity index (χ0v) is 20.3. The van der Waals surface area contributed by atoms with E-state index in [2.05, 4.69) is 93.7 Å². The summed E-state index contributed by atoms with van der Waals surface area (Å²) in [4.78, 5) is 19.2. The topological polar surface area (TPSA) is 28.5 Å². The molecule has 0 atom stereocenters. The first-order chi connectivity index (χ1) is 16.8. The normalized spacial score (nSPS) is 14.9. The SMILES string of the molecule is O=C(c1cc2ccsc2n1CCCc1ccccc1)N1CCN(C/C=C/c2ccccc2)CC1. The van der Waals surface area contributed by atoms with Crippen LogP contribution in [-0.4, -0.2) is 53.0 Å². The van der Waals surface area contributed by atoms with Crippen LogP contribution in [-0.2, 0) is 13.0 Å². The molecule has 0 saturated carbocycles. The number of hydrogen-bond donors (Lipinski definition) is 0. The molecule has 5 heteroatoms. The van der Waals surface area contributed by atoms with Crippen LogP contribution in [0.5, 0.6) is 0 Å². The average Bonchev–Trinajstić information content (AvgIpc) is 3.48. The number of rotatable bonds is 8. The number of carbonyl (C=O) groups excluding carboxylic acids is 1. The van der Waals surface area contributed by atoms with E-state index in [-0.39, 0.29) is 5.91 Å². The molecule has 4 aromatic rings. The smallest absolute Gasteiger partial charge is 0.270 e. The molecular weight excluding hydrogens is 438 g/mol. The number of nitrogens with zero attached hydrogens (tertiary/aromatic N) is 3. The van der Waals surface area contributed by atoms with Gasteiger partial charge in [0.15, 0.2) is 0 Å². The Morgan fingerprint density at radius 2 is 1.65 bits per heavy atom. The van der Waals surface area contributed by atoms with Crippen molar-refractivity contribution in [2.75, 3.05) is 32.7 Å². The number of piperazine rings is 1. The summed E-state index contributed by atoms with van der Waals surface area (Å²) in [5, 5.41) is 3.30. The van der Waals surface area contributed by atoms with E-state index in [0.29, 0.717) is 0 Å². The van der Waals surface area contributed by atoms with Crippen LogP contribution < -0.4 is 0 Å². The van der Waals surface area contributed by atoms with Gasteiger partial charge >= 0.3 is 0 Å². The van der Waals surface area contributed by atoms with Crippen LogP contribution in [0.15, 0.2) is 84.3 Å². The summed E-state index contributed by atoms with van der Waals surface area (Å²) in [6.07, 6.45) is 6.44. The summed E-state index contributed by atoms with van der Waals surface area (Å²) in [7, 11) is 0. The van der Waals surface area contributed by atoms with Crippen molar-refractivity contribution in [3.8, 4) is 0 Å². The van der Waals surface area contributed by atoms with E-state index < -0.39 is 0 Å². The lowest BCUT2D eigenvalue weighted by Crippen LogP contribution is -2.49. The summed E-state index contributed by atoms with van der Waals surface area (Å²) in [6, 6.07) is 25.2. The average molecular weight is 470 g/mol. The number of fused-ring (bicyclic) bond motifs is 1. The third-order valence-corrected chi connectivity index (χ3v) is 7.50. The molecule has 174 valence electrons. The largest absolute Gasteiger partial charge is 0.335 e. The highest BCUT2D eigenvalue weighted by Crippen LogP contribution is 2.27. The van der Waals surface area contributed by atoms with Gasteiger partial charge in [-0.2, -0.15) is 0 Å². The second kappa shape index (κ2) is 10.9. The van der Waals surface area contributed by atoms with Crippen LogP contribution in [0.4, 0.5) is 0 Å². The molecule has 0 aliphatic carbocycles. The fraction of sp³-hybridized carbons (Fsp3) is 0.276. The third-order valence-electron chi connectivity index (χ3n) is 6.54. The second-order valence-corrected chi connectivity index (χ2v) is 9.75. The van der Waals surface area contributed by atoms with E-state index in [1.807, 2.05) is 11.0 Å². The fourth-order valence-electron chi connectivity index (χ4n) is 4.66. The molecule has 0 bridgehead atoms. The van der Waals surface area contributed by atoms with Gasteiger partial charge in [0.2, 0.25) is 0 Å². The van der Waals surface area contributed by atoms with E-state index in [1.54, 1.807) is 11.3 Å². The summed E-state index contributed by atoms with van der Waals surface area (Å²) < 4.78 is 2.25. The van der Waals surface area contributed by atoms with Crippen molar-refractivity contribution in [1.82, 2.24) is 14.4 Å². The van der Waals surface area contributed by atoms with E-state index >= 15 is 0 Å². The molecule has 4 nitrogen and oxygen atoms in total. The summed E-state index contributed by atoms with van der Waals surface area (Å²) in [6.45, 7) is 5.16. The molecule has 3 heterocycles. The van der Waals surface area contributed by atoms with E-state index in [1.165, 1.54) is 21.3 Å². The van der Waals surface area contributed by atoms with Crippen LogP contribution in [0.2, 0.25) is 0 Å². The van der Waals surface area contributed by atoms with Crippen LogP contribution >= 0.6 is 11.3 Å². The quantitative estimate of drug-likeness (QED) is 0.326. The molecule has 0 spiro atoms. The monoisotopic (exact) mass is 469 g/mol. The molecule has 1 aliphatic heterocycles. The van der Waals surface area contributed by atoms with Gasteiger partial charge in [-0.05, 0) is 41.5 Å². The molecule has 1 saturated heterocycles. The first kappa shape index (κ1) is 22.6. The van der Waals surface area contributed by atoms with Crippen molar-refractivity contribution in [3.05, 3.63) is 101 Å². The van der Waals surface area contributed by atoms with Crippen molar-refractivity contribution < 1.29 is 4.79 Å². The standard InChI is InChI=1S/C29H31N3OS/c33-28(31-20-18-30(19-21-31)16-7-13-24-9-3-1-4-10-24)27-23-26-15-22-34-29(26)32(27)17-8-14-25-11-5-2-6-12-25/h1-7,9-13,15,22-23H,8,14,16-21H2/b13-7+. The van der Waals surface area contributed by atoms with Crippen LogP contribution in [0.3, 0.4) is 0 Å². The Morgan fingerprint density at radius 1 is 0.912 bits per heavy atom. The highest BCUT2D eigenvalue weighted by atomic mass is 32.1. The number of benzene rings is 2. The van der Waals surface area contributed by atoms with Gasteiger partial charge in [0.05, 0.1) is 0 Å². The maximum atomic E-state index is 13.5. The third kappa shape index (κ3) is 5.32. The van der Waals surface area contributed by atoms with Gasteiger partial charge in [-0.25, -0.2) is 0 Å². The molecule has 1 aliphatic rings. The zero-order valence-electron chi connectivity index (χ0n) is 19.5. The van der Waals surface area contributed by atoms with Crippen LogP contribution in [0.1, 0.15) is 28.0 Å². The maximum absolute atomic E-state index is 13.5. The van der Waals surface area contributed by atoms with Crippen molar-refractivity contribution in [2.24, 2.45) is 0 Å². The lowest BCUT2D eigenvalue weighted by atomic mass is 10.1. The molecule has 0 N–H and O–H groups in total. The molecule has 34 heavy (non-hydrogen) atoms. The summed E-state index contributed by atoms with van der Waals surface area (Å²) in [5.41, 5.74) is 3.42. The van der Waals surface area contributed by atoms with Gasteiger partial charge in [0, 0.05) is 44.7 Å². The summed E-state index contributed by atoms with van der Waals surface area (Å²) >= 11 is 1.73. The first-order valence-corrected chi connectivity index (χ1v) is 13.0. The minimum atomic E-state index is 0.169. The molecule has 0 radical (unpaired) electrons. The highest BCUT2D eigenvalue weighted by molar-refractivity contribution is 7.16. The molecular formula is C29H31N3OS. The van der Waals surface area contributed by atoms with Gasteiger partial charge in [-0.1, -0.05) is 72.8 Å². The van der Waals surface area contributed by atoms with E-state index in [9.17, 15) is 4.79 Å². The number of aromatic nitrogens is 1. The van der Waals surface area contributed by atoms with Crippen LogP contribution in [0.25, 0.3) is 16.3 Å². The van der Waals surface area contributed by atoms with Crippen molar-refractivity contribution >= 4 is 33.5 Å². The van der Waals surface area contributed by atoms with E-state index in [4.69, 9.17) is 0 Å². The Labute approximate surface area is 205 Å². The lowest BCUT2D eigenvalue weighted by molar-refractivity contribution is 0.0640. The zero-order chi connectivity index (χ0) is 23.2. The van der Waals surface area contributed by atoms with Gasteiger partial charge in [-0.15, -0.1) is 11.3 Å². The van der Waals surface area contributed by atoms with Gasteiger partial charge in [0.1, 0.15) is 10.5 Å². The number of carbonyl (C=O) groups is 1. The number of amides is 1. The van der Waals surface area contributed by atoms with Crippen molar-refractivity contribution in [3.63, 3.8) is 0 Å². The Morgan fingerprint density at radius 3 is 2.41 bits per heavy atom. The number of hydrogen-bond acceptors (Lipinski definition) is 3. The first-order valence-electron chi connectivity index (χ1n) is 12.1. The molecule has 0 unspecified atom stereocenters. The Bertz CT molecular complexity index is 1230. The minimum absolute atomic E-state index is 0.169. The molecule has 1 fully saturated rings. The molecule has 2 aromatic carbocycles. The Balaban J connectivity index is 1.19. The van der Waals surface area contributed by atoms with Crippen LogP contribution in [0, 0.1) is 0 Å². The van der Waals surface area contributed by atoms with Crippen molar-refractivity contribution in [2.45, 2.75) is 19.4 Å². The molecule has 5 rings (SSSR count). The van der Waals surface area contributed by atoms with Gasteiger partial charge in [0.25, 0.3) is 5.91 Å². The minimum Gasteiger partial charge on any atom is -0.335 e. The summed E-state index contributed by atoms with van der Waals surface area (Å²) in [5.74, 6) is 0.169. The Hall–Kier alpha value is -3.15. The Kier molecular flexibility index (Phi) is 7.22. The second-order valence-electron chi connectivity index (χ2n) is 8.86. The number of aryl methyl sites for hydroxylation is 2. The lowest BCUT2D eigenvalue weighted by Gasteiger charge is -2.34. The maximum Gasteiger partial charge on any atom is 0.270 e. The van der Waals surface area contributed by atoms with Gasteiger partial charge < -0.3 is 9.47 Å².